The fourth-order valence-corrected chi connectivity index (χ4v) is 1.55. The van der Waals surface area contributed by atoms with Crippen LogP contribution in [0.2, 0.25) is 0 Å². The Hall–Kier alpha value is -1.69. The van der Waals surface area contributed by atoms with E-state index < -0.39 is 0 Å². The topological polar surface area (TPSA) is 67.9 Å². The third kappa shape index (κ3) is 1.64. The molecule has 0 amide bonds. The van der Waals surface area contributed by atoms with Crippen LogP contribution < -0.4 is 10.6 Å². The molecule has 5 nitrogen and oxygen atoms in total. The standard InChI is InChI=1S/C8H9N5S/c1-13(8-10-11-12-14-8)7-4-2-3-6(9)5-7/h2-5H,9H2,1H3. The first-order valence-electron chi connectivity index (χ1n) is 4.01. The normalized spacial score (nSPS) is 10.1. The number of hydrogen-bond donors (Lipinski definition) is 1. The summed E-state index contributed by atoms with van der Waals surface area (Å²) in [6, 6.07) is 7.57. The van der Waals surface area contributed by atoms with Gasteiger partial charge in [-0.05, 0) is 23.4 Å². The third-order valence-electron chi connectivity index (χ3n) is 1.83. The highest BCUT2D eigenvalue weighted by molar-refractivity contribution is 7.09. The van der Waals surface area contributed by atoms with Gasteiger partial charge in [0.25, 0.3) is 0 Å². The molecule has 1 heterocycles. The molecule has 2 N–H and O–H groups in total. The van der Waals surface area contributed by atoms with Gasteiger partial charge in [-0.2, -0.15) is 0 Å². The second kappa shape index (κ2) is 3.59. The molecule has 0 atom stereocenters. The number of anilines is 3. The molecule has 2 aromatic rings. The maximum atomic E-state index is 5.67. The maximum Gasteiger partial charge on any atom is 0.232 e. The van der Waals surface area contributed by atoms with Gasteiger partial charge < -0.3 is 10.6 Å². The van der Waals surface area contributed by atoms with Crippen molar-refractivity contribution in [3.63, 3.8) is 0 Å². The molecular formula is C8H9N5S. The molecule has 0 aliphatic rings. The molecule has 72 valence electrons. The lowest BCUT2D eigenvalue weighted by molar-refractivity contribution is 0.944. The molecule has 6 heteroatoms. The quantitative estimate of drug-likeness (QED) is 0.751. The van der Waals surface area contributed by atoms with E-state index in [1.807, 2.05) is 36.2 Å². The highest BCUT2D eigenvalue weighted by Crippen LogP contribution is 2.24. The van der Waals surface area contributed by atoms with E-state index in [-0.39, 0.29) is 0 Å². The number of nitrogens with zero attached hydrogens (tertiary/aromatic N) is 4. The van der Waals surface area contributed by atoms with Crippen LogP contribution in [0.25, 0.3) is 0 Å². The summed E-state index contributed by atoms with van der Waals surface area (Å²) in [5.41, 5.74) is 7.38. The van der Waals surface area contributed by atoms with Gasteiger partial charge in [-0.3, -0.25) is 0 Å². The Bertz CT molecular complexity index is 413. The van der Waals surface area contributed by atoms with Gasteiger partial charge in [0.15, 0.2) is 0 Å². The molecular weight excluding hydrogens is 198 g/mol. The van der Waals surface area contributed by atoms with Crippen molar-refractivity contribution in [2.75, 3.05) is 17.7 Å². The molecule has 0 saturated heterocycles. The van der Waals surface area contributed by atoms with Crippen molar-refractivity contribution < 1.29 is 0 Å². The van der Waals surface area contributed by atoms with E-state index >= 15 is 0 Å². The highest BCUT2D eigenvalue weighted by Gasteiger charge is 2.07. The number of aromatic nitrogens is 3. The molecule has 0 fully saturated rings. The molecule has 0 spiro atoms. The SMILES string of the molecule is CN(c1cccc(N)c1)c1nnns1. The van der Waals surface area contributed by atoms with Gasteiger partial charge in [0, 0.05) is 30.0 Å². The van der Waals surface area contributed by atoms with Crippen LogP contribution in [-0.4, -0.2) is 21.8 Å². The van der Waals surface area contributed by atoms with Gasteiger partial charge >= 0.3 is 0 Å². The van der Waals surface area contributed by atoms with Gasteiger partial charge in [-0.15, -0.1) is 0 Å². The Labute approximate surface area is 85.3 Å². The molecule has 1 aromatic carbocycles. The average molecular weight is 207 g/mol. The molecule has 0 aliphatic heterocycles. The van der Waals surface area contributed by atoms with Gasteiger partial charge in [-0.25, -0.2) is 0 Å². The zero-order chi connectivity index (χ0) is 9.97. The number of hydrogen-bond acceptors (Lipinski definition) is 6. The van der Waals surface area contributed by atoms with Crippen LogP contribution in [0.1, 0.15) is 0 Å². The van der Waals surface area contributed by atoms with Crippen LogP contribution >= 0.6 is 11.5 Å². The summed E-state index contributed by atoms with van der Waals surface area (Å²) in [5, 5.41) is 8.15. The zero-order valence-electron chi connectivity index (χ0n) is 7.58. The van der Waals surface area contributed by atoms with Crippen LogP contribution in [0, 0.1) is 0 Å². The van der Waals surface area contributed by atoms with Crippen molar-refractivity contribution >= 4 is 28.0 Å². The number of rotatable bonds is 2. The molecule has 0 radical (unpaired) electrons. The Morgan fingerprint density at radius 2 is 2.29 bits per heavy atom. The lowest BCUT2D eigenvalue weighted by Gasteiger charge is -2.14. The molecule has 2 rings (SSSR count). The van der Waals surface area contributed by atoms with Crippen LogP contribution in [0.4, 0.5) is 16.5 Å². The molecule has 1 aromatic heterocycles. The van der Waals surface area contributed by atoms with Crippen LogP contribution in [0.15, 0.2) is 24.3 Å². The first kappa shape index (κ1) is 8.89. The van der Waals surface area contributed by atoms with E-state index in [1.165, 1.54) is 11.5 Å². The lowest BCUT2D eigenvalue weighted by atomic mass is 10.3. The van der Waals surface area contributed by atoms with Gasteiger partial charge in [-0.1, -0.05) is 15.7 Å². The monoisotopic (exact) mass is 207 g/mol. The van der Waals surface area contributed by atoms with Crippen molar-refractivity contribution in [2.45, 2.75) is 0 Å². The number of nitrogen functional groups attached to an aromatic ring is 1. The van der Waals surface area contributed by atoms with Crippen molar-refractivity contribution in [3.8, 4) is 0 Å². The van der Waals surface area contributed by atoms with Crippen molar-refractivity contribution in [1.29, 1.82) is 0 Å². The van der Waals surface area contributed by atoms with E-state index in [4.69, 9.17) is 5.73 Å². The predicted molar refractivity (Wildman–Crippen MR) is 56.6 cm³/mol. The summed E-state index contributed by atoms with van der Waals surface area (Å²) in [5.74, 6) is 0. The van der Waals surface area contributed by atoms with Gasteiger partial charge in [0.05, 0.1) is 0 Å². The van der Waals surface area contributed by atoms with Gasteiger partial charge in [0.1, 0.15) is 0 Å². The number of benzene rings is 1. The third-order valence-corrected chi connectivity index (χ3v) is 2.51. The van der Waals surface area contributed by atoms with Crippen molar-refractivity contribution in [1.82, 2.24) is 14.8 Å². The largest absolute Gasteiger partial charge is 0.399 e. The first-order valence-corrected chi connectivity index (χ1v) is 4.79. The fourth-order valence-electron chi connectivity index (χ4n) is 1.10. The van der Waals surface area contributed by atoms with Gasteiger partial charge in [0.2, 0.25) is 5.13 Å². The Morgan fingerprint density at radius 3 is 2.93 bits per heavy atom. The Balaban J connectivity index is 2.32. The minimum Gasteiger partial charge on any atom is -0.399 e. The van der Waals surface area contributed by atoms with E-state index in [0.717, 1.165) is 16.5 Å². The minimum atomic E-state index is 0.729. The summed E-state index contributed by atoms with van der Waals surface area (Å²) >= 11 is 1.24. The van der Waals surface area contributed by atoms with E-state index in [0.29, 0.717) is 0 Å². The van der Waals surface area contributed by atoms with E-state index in [1.54, 1.807) is 0 Å². The summed E-state index contributed by atoms with van der Waals surface area (Å²) in [6.07, 6.45) is 0. The summed E-state index contributed by atoms with van der Waals surface area (Å²) < 4.78 is 3.70. The smallest absolute Gasteiger partial charge is 0.232 e. The van der Waals surface area contributed by atoms with Crippen LogP contribution in [0.5, 0.6) is 0 Å². The Morgan fingerprint density at radius 1 is 1.43 bits per heavy atom. The molecule has 0 saturated carbocycles. The predicted octanol–water partition coefficient (Wildman–Crippen LogP) is 1.28. The van der Waals surface area contributed by atoms with E-state index in [2.05, 4.69) is 14.8 Å². The summed E-state index contributed by atoms with van der Waals surface area (Å²) in [7, 11) is 1.90. The Kier molecular flexibility index (Phi) is 2.28. The average Bonchev–Trinajstić information content (AvgIpc) is 2.69. The number of nitrogens with two attached hydrogens (primary N) is 1. The van der Waals surface area contributed by atoms with Crippen LogP contribution in [0.3, 0.4) is 0 Å². The summed E-state index contributed by atoms with van der Waals surface area (Å²) in [4.78, 5) is 1.89. The van der Waals surface area contributed by atoms with Crippen molar-refractivity contribution in [2.24, 2.45) is 0 Å². The lowest BCUT2D eigenvalue weighted by Crippen LogP contribution is -2.09. The molecule has 0 aliphatic carbocycles. The van der Waals surface area contributed by atoms with Crippen molar-refractivity contribution in [3.05, 3.63) is 24.3 Å². The zero-order valence-corrected chi connectivity index (χ0v) is 8.40. The molecule has 14 heavy (non-hydrogen) atoms. The molecule has 0 bridgehead atoms. The van der Waals surface area contributed by atoms with E-state index in [9.17, 15) is 0 Å². The maximum absolute atomic E-state index is 5.67. The second-order valence-corrected chi connectivity index (χ2v) is 3.51. The first-order chi connectivity index (χ1) is 6.77. The summed E-state index contributed by atoms with van der Waals surface area (Å²) in [6.45, 7) is 0. The molecule has 0 unspecified atom stereocenters. The minimum absolute atomic E-state index is 0.729. The fraction of sp³-hybridized carbons (Fsp3) is 0.125. The second-order valence-electron chi connectivity index (χ2n) is 2.80. The van der Waals surface area contributed by atoms with Crippen LogP contribution in [-0.2, 0) is 0 Å². The highest BCUT2D eigenvalue weighted by atomic mass is 32.1.